The smallest absolute Gasteiger partial charge is 0.247 e. The van der Waals surface area contributed by atoms with Crippen molar-refractivity contribution in [2.45, 2.75) is 26.8 Å². The summed E-state index contributed by atoms with van der Waals surface area (Å²) in [5.41, 5.74) is 2.78. The third kappa shape index (κ3) is 4.99. The van der Waals surface area contributed by atoms with Crippen LogP contribution >= 0.6 is 27.5 Å². The minimum absolute atomic E-state index is 0.449. The van der Waals surface area contributed by atoms with Gasteiger partial charge in [0.25, 0.3) is 0 Å². The second kappa shape index (κ2) is 7.98. The molecule has 0 aliphatic carbocycles. The first-order chi connectivity index (χ1) is 12.0. The maximum atomic E-state index is 12.7. The molecule has 0 bridgehead atoms. The molecule has 2 aromatic carbocycles. The van der Waals surface area contributed by atoms with E-state index in [0.717, 1.165) is 21.7 Å². The maximum absolute atomic E-state index is 12.7. The summed E-state index contributed by atoms with van der Waals surface area (Å²) in [6, 6.07) is 9.48. The standard InChI is InChI=1S/C18H20BrClN2O3S/c1-11-7-12(2)9-15(8-11)22(26(4,24)25)13(3)18(23)21-14-5-6-16(19)17(20)10-14/h5-10,13H,1-4H3,(H,21,23)/t13-/m1/s1. The van der Waals surface area contributed by atoms with Crippen LogP contribution in [0.25, 0.3) is 0 Å². The van der Waals surface area contributed by atoms with Crippen LogP contribution in [0.15, 0.2) is 40.9 Å². The van der Waals surface area contributed by atoms with Crippen LogP contribution in [0.5, 0.6) is 0 Å². The average molecular weight is 460 g/mol. The highest BCUT2D eigenvalue weighted by Gasteiger charge is 2.29. The molecule has 0 heterocycles. The fourth-order valence-corrected chi connectivity index (χ4v) is 4.29. The van der Waals surface area contributed by atoms with Gasteiger partial charge in [0.15, 0.2) is 0 Å². The van der Waals surface area contributed by atoms with Crippen LogP contribution in [-0.2, 0) is 14.8 Å². The molecule has 1 amide bonds. The zero-order valence-corrected chi connectivity index (χ0v) is 18.0. The molecular weight excluding hydrogens is 440 g/mol. The van der Waals surface area contributed by atoms with Crippen LogP contribution in [-0.4, -0.2) is 26.6 Å². The van der Waals surface area contributed by atoms with Gasteiger partial charge in [-0.1, -0.05) is 17.7 Å². The van der Waals surface area contributed by atoms with Gasteiger partial charge in [-0.25, -0.2) is 8.42 Å². The molecule has 0 aromatic heterocycles. The van der Waals surface area contributed by atoms with Crippen molar-refractivity contribution in [1.29, 1.82) is 0 Å². The lowest BCUT2D eigenvalue weighted by Gasteiger charge is -2.28. The minimum atomic E-state index is -3.66. The zero-order chi connectivity index (χ0) is 19.6. The quantitative estimate of drug-likeness (QED) is 0.715. The Morgan fingerprint density at radius 3 is 2.23 bits per heavy atom. The Balaban J connectivity index is 2.35. The van der Waals surface area contributed by atoms with Crippen molar-refractivity contribution >= 4 is 54.8 Å². The number of halogens is 2. The molecule has 1 N–H and O–H groups in total. The van der Waals surface area contributed by atoms with Crippen LogP contribution in [0, 0.1) is 13.8 Å². The first-order valence-electron chi connectivity index (χ1n) is 7.82. The van der Waals surface area contributed by atoms with Crippen molar-refractivity contribution in [3.05, 3.63) is 57.0 Å². The summed E-state index contributed by atoms with van der Waals surface area (Å²) in [6.45, 7) is 5.31. The average Bonchev–Trinajstić information content (AvgIpc) is 2.48. The Kier molecular flexibility index (Phi) is 6.37. The van der Waals surface area contributed by atoms with Crippen molar-refractivity contribution in [3.8, 4) is 0 Å². The number of aryl methyl sites for hydroxylation is 2. The van der Waals surface area contributed by atoms with E-state index < -0.39 is 22.0 Å². The summed E-state index contributed by atoms with van der Waals surface area (Å²) in [5, 5.41) is 3.16. The van der Waals surface area contributed by atoms with E-state index in [1.54, 1.807) is 37.3 Å². The summed E-state index contributed by atoms with van der Waals surface area (Å²) in [5.74, 6) is -0.451. The monoisotopic (exact) mass is 458 g/mol. The molecule has 1 atom stereocenters. The molecule has 8 heteroatoms. The molecule has 5 nitrogen and oxygen atoms in total. The summed E-state index contributed by atoms with van der Waals surface area (Å²) >= 11 is 9.32. The number of rotatable bonds is 5. The fraction of sp³-hybridized carbons (Fsp3) is 0.278. The fourth-order valence-electron chi connectivity index (χ4n) is 2.71. The Bertz CT molecular complexity index is 927. The van der Waals surface area contributed by atoms with Crippen molar-refractivity contribution in [2.24, 2.45) is 0 Å². The topological polar surface area (TPSA) is 66.5 Å². The number of hydrogen-bond acceptors (Lipinski definition) is 3. The lowest BCUT2D eigenvalue weighted by Crippen LogP contribution is -2.45. The van der Waals surface area contributed by atoms with Crippen molar-refractivity contribution < 1.29 is 13.2 Å². The molecule has 2 rings (SSSR count). The van der Waals surface area contributed by atoms with Crippen LogP contribution < -0.4 is 9.62 Å². The lowest BCUT2D eigenvalue weighted by atomic mass is 10.1. The maximum Gasteiger partial charge on any atom is 0.247 e. The Labute approximate surface area is 167 Å². The van der Waals surface area contributed by atoms with Gasteiger partial charge in [0, 0.05) is 10.2 Å². The first kappa shape index (κ1) is 20.7. The Morgan fingerprint density at radius 2 is 1.73 bits per heavy atom. The second-order valence-electron chi connectivity index (χ2n) is 6.20. The zero-order valence-electron chi connectivity index (χ0n) is 14.9. The van der Waals surface area contributed by atoms with Gasteiger partial charge in [-0.05, 0) is 78.2 Å². The lowest BCUT2D eigenvalue weighted by molar-refractivity contribution is -0.116. The van der Waals surface area contributed by atoms with Gasteiger partial charge < -0.3 is 5.32 Å². The van der Waals surface area contributed by atoms with E-state index in [-0.39, 0.29) is 0 Å². The van der Waals surface area contributed by atoms with Gasteiger partial charge in [-0.3, -0.25) is 9.10 Å². The Morgan fingerprint density at radius 1 is 1.15 bits per heavy atom. The van der Waals surface area contributed by atoms with E-state index in [1.165, 1.54) is 0 Å². The number of sulfonamides is 1. The predicted molar refractivity (Wildman–Crippen MR) is 110 cm³/mol. The number of benzene rings is 2. The number of carbonyl (C=O) groups is 1. The third-order valence-electron chi connectivity index (χ3n) is 3.74. The van der Waals surface area contributed by atoms with E-state index in [9.17, 15) is 13.2 Å². The number of anilines is 2. The van der Waals surface area contributed by atoms with Crippen LogP contribution in [0.3, 0.4) is 0 Å². The summed E-state index contributed by atoms with van der Waals surface area (Å²) in [7, 11) is -3.66. The van der Waals surface area contributed by atoms with Gasteiger partial charge in [-0.15, -0.1) is 0 Å². The van der Waals surface area contributed by atoms with E-state index in [4.69, 9.17) is 11.6 Å². The largest absolute Gasteiger partial charge is 0.324 e. The molecule has 0 saturated carbocycles. The van der Waals surface area contributed by atoms with E-state index in [2.05, 4.69) is 21.2 Å². The van der Waals surface area contributed by atoms with Crippen molar-refractivity contribution in [1.82, 2.24) is 0 Å². The molecule has 0 unspecified atom stereocenters. The molecule has 0 radical (unpaired) electrons. The summed E-state index contributed by atoms with van der Waals surface area (Å²) in [6.07, 6.45) is 1.09. The number of amides is 1. The molecule has 0 aliphatic heterocycles. The Hall–Kier alpha value is -1.57. The minimum Gasteiger partial charge on any atom is -0.324 e. The summed E-state index contributed by atoms with van der Waals surface area (Å²) < 4.78 is 26.6. The van der Waals surface area contributed by atoms with Crippen LogP contribution in [0.2, 0.25) is 5.02 Å². The normalized spacial score (nSPS) is 12.5. The van der Waals surface area contributed by atoms with Gasteiger partial charge in [0.2, 0.25) is 15.9 Å². The highest BCUT2D eigenvalue weighted by Crippen LogP contribution is 2.27. The second-order valence-corrected chi connectivity index (χ2v) is 9.32. The molecule has 0 spiro atoms. The number of carbonyl (C=O) groups excluding carboxylic acids is 1. The number of nitrogens with one attached hydrogen (secondary N) is 1. The third-order valence-corrected chi connectivity index (χ3v) is 6.21. The van der Waals surface area contributed by atoms with E-state index in [0.29, 0.717) is 20.9 Å². The molecule has 26 heavy (non-hydrogen) atoms. The molecule has 2 aromatic rings. The van der Waals surface area contributed by atoms with Gasteiger partial charge >= 0.3 is 0 Å². The highest BCUT2D eigenvalue weighted by molar-refractivity contribution is 9.10. The van der Waals surface area contributed by atoms with Gasteiger partial charge in [0.05, 0.1) is 17.0 Å². The SMILES string of the molecule is Cc1cc(C)cc(N([C@H](C)C(=O)Nc2ccc(Br)c(Cl)c2)S(C)(=O)=O)c1. The van der Waals surface area contributed by atoms with Gasteiger partial charge in [-0.2, -0.15) is 0 Å². The number of hydrogen-bond donors (Lipinski definition) is 1. The highest BCUT2D eigenvalue weighted by atomic mass is 79.9. The molecule has 140 valence electrons. The van der Waals surface area contributed by atoms with Crippen LogP contribution in [0.1, 0.15) is 18.1 Å². The number of nitrogens with zero attached hydrogens (tertiary/aromatic N) is 1. The van der Waals surface area contributed by atoms with Gasteiger partial charge in [0.1, 0.15) is 6.04 Å². The predicted octanol–water partition coefficient (Wildman–Crippen LogP) is 4.51. The molecule has 0 saturated heterocycles. The summed E-state index contributed by atoms with van der Waals surface area (Å²) in [4.78, 5) is 12.7. The molecular formula is C18H20BrClN2O3S. The molecule has 0 fully saturated rings. The van der Waals surface area contributed by atoms with E-state index in [1.807, 2.05) is 19.9 Å². The van der Waals surface area contributed by atoms with Crippen molar-refractivity contribution in [2.75, 3.05) is 15.9 Å². The van der Waals surface area contributed by atoms with Crippen molar-refractivity contribution in [3.63, 3.8) is 0 Å². The van der Waals surface area contributed by atoms with E-state index >= 15 is 0 Å². The first-order valence-corrected chi connectivity index (χ1v) is 10.8. The molecule has 0 aliphatic rings. The van der Waals surface area contributed by atoms with Crippen LogP contribution in [0.4, 0.5) is 11.4 Å².